The first-order valence-corrected chi connectivity index (χ1v) is 8.45. The lowest BCUT2D eigenvalue weighted by atomic mass is 10.2. The quantitative estimate of drug-likeness (QED) is 0.678. The number of benzene rings is 2. The second kappa shape index (κ2) is 9.56. The molecular weight excluding hydrogens is 337 g/mol. The summed E-state index contributed by atoms with van der Waals surface area (Å²) in [7, 11) is 0. The lowest BCUT2D eigenvalue weighted by Crippen LogP contribution is -2.34. The standard InChI is InChI=1S/C20H22FNO4/c1-3-22(13-15-6-5-7-17(21)12-15)19(23)14-26-20(24)16-8-10-18(11-9-16)25-4-2/h5-12H,3-4,13-14H2,1-2H3. The number of halogens is 1. The minimum Gasteiger partial charge on any atom is -0.494 e. The Hall–Kier alpha value is -2.89. The van der Waals surface area contributed by atoms with E-state index < -0.39 is 5.97 Å². The van der Waals surface area contributed by atoms with E-state index in [1.165, 1.54) is 17.0 Å². The van der Waals surface area contributed by atoms with E-state index in [0.717, 1.165) is 0 Å². The first kappa shape index (κ1) is 19.4. The molecule has 2 aromatic carbocycles. The molecule has 6 heteroatoms. The predicted molar refractivity (Wildman–Crippen MR) is 95.4 cm³/mol. The zero-order valence-electron chi connectivity index (χ0n) is 14.9. The van der Waals surface area contributed by atoms with Gasteiger partial charge in [-0.2, -0.15) is 0 Å². The molecule has 0 saturated heterocycles. The van der Waals surface area contributed by atoms with Crippen LogP contribution in [0, 0.1) is 5.82 Å². The molecule has 2 aromatic rings. The molecule has 0 N–H and O–H groups in total. The first-order chi connectivity index (χ1) is 12.5. The van der Waals surface area contributed by atoms with Crippen molar-refractivity contribution in [3.8, 4) is 5.75 Å². The molecule has 2 rings (SSSR count). The average molecular weight is 359 g/mol. The molecule has 0 bridgehead atoms. The van der Waals surface area contributed by atoms with Crippen LogP contribution in [-0.4, -0.2) is 36.5 Å². The lowest BCUT2D eigenvalue weighted by Gasteiger charge is -2.21. The number of hydrogen-bond donors (Lipinski definition) is 0. The van der Waals surface area contributed by atoms with Crippen LogP contribution < -0.4 is 4.74 Å². The number of amides is 1. The lowest BCUT2D eigenvalue weighted by molar-refractivity contribution is -0.134. The molecule has 0 fully saturated rings. The molecule has 0 atom stereocenters. The normalized spacial score (nSPS) is 10.3. The Labute approximate surface area is 152 Å². The Kier molecular flexibility index (Phi) is 7.14. The number of likely N-dealkylation sites (N-methyl/N-ethyl adjacent to an activating group) is 1. The zero-order chi connectivity index (χ0) is 18.9. The highest BCUT2D eigenvalue weighted by Crippen LogP contribution is 2.13. The molecule has 0 aliphatic carbocycles. The van der Waals surface area contributed by atoms with E-state index in [0.29, 0.717) is 30.0 Å². The largest absolute Gasteiger partial charge is 0.494 e. The van der Waals surface area contributed by atoms with Crippen molar-refractivity contribution < 1.29 is 23.5 Å². The highest BCUT2D eigenvalue weighted by Gasteiger charge is 2.16. The Bertz CT molecular complexity index is 746. The highest BCUT2D eigenvalue weighted by molar-refractivity contribution is 5.91. The summed E-state index contributed by atoms with van der Waals surface area (Å²) < 4.78 is 23.7. The summed E-state index contributed by atoms with van der Waals surface area (Å²) in [5.41, 5.74) is 1.02. The van der Waals surface area contributed by atoms with Crippen molar-refractivity contribution in [2.24, 2.45) is 0 Å². The number of hydrogen-bond acceptors (Lipinski definition) is 4. The Morgan fingerprint density at radius 3 is 2.42 bits per heavy atom. The van der Waals surface area contributed by atoms with Crippen LogP contribution in [-0.2, 0) is 16.1 Å². The molecular formula is C20H22FNO4. The SMILES string of the molecule is CCOc1ccc(C(=O)OCC(=O)N(CC)Cc2cccc(F)c2)cc1. The van der Waals surface area contributed by atoms with Crippen molar-refractivity contribution in [2.75, 3.05) is 19.8 Å². The van der Waals surface area contributed by atoms with Crippen LogP contribution >= 0.6 is 0 Å². The molecule has 0 radical (unpaired) electrons. The summed E-state index contributed by atoms with van der Waals surface area (Å²) in [5.74, 6) is -0.612. The van der Waals surface area contributed by atoms with Crippen LogP contribution in [0.25, 0.3) is 0 Å². The summed E-state index contributed by atoms with van der Waals surface area (Å²) in [6.07, 6.45) is 0. The summed E-state index contributed by atoms with van der Waals surface area (Å²) in [4.78, 5) is 25.8. The van der Waals surface area contributed by atoms with Crippen molar-refractivity contribution in [3.63, 3.8) is 0 Å². The van der Waals surface area contributed by atoms with Crippen molar-refractivity contribution in [3.05, 3.63) is 65.5 Å². The van der Waals surface area contributed by atoms with Crippen LogP contribution in [0.5, 0.6) is 5.75 Å². The van der Waals surface area contributed by atoms with Crippen LogP contribution in [0.15, 0.2) is 48.5 Å². The maximum Gasteiger partial charge on any atom is 0.338 e. The smallest absolute Gasteiger partial charge is 0.338 e. The van der Waals surface area contributed by atoms with Gasteiger partial charge in [0, 0.05) is 13.1 Å². The minimum absolute atomic E-state index is 0.258. The Balaban J connectivity index is 1.89. The van der Waals surface area contributed by atoms with Gasteiger partial charge in [-0.3, -0.25) is 4.79 Å². The molecule has 1 amide bonds. The summed E-state index contributed by atoms with van der Waals surface area (Å²) in [6.45, 7) is 4.54. The monoisotopic (exact) mass is 359 g/mol. The fourth-order valence-electron chi connectivity index (χ4n) is 2.39. The maximum atomic E-state index is 13.3. The third-order valence-electron chi connectivity index (χ3n) is 3.72. The van der Waals surface area contributed by atoms with Crippen molar-refractivity contribution >= 4 is 11.9 Å². The number of carbonyl (C=O) groups excluding carboxylic acids is 2. The van der Waals surface area contributed by atoms with E-state index in [4.69, 9.17) is 9.47 Å². The van der Waals surface area contributed by atoms with Gasteiger partial charge in [0.05, 0.1) is 12.2 Å². The van der Waals surface area contributed by atoms with E-state index in [1.807, 2.05) is 13.8 Å². The van der Waals surface area contributed by atoms with Crippen LogP contribution in [0.1, 0.15) is 29.8 Å². The van der Waals surface area contributed by atoms with Crippen molar-refractivity contribution in [1.29, 1.82) is 0 Å². The topological polar surface area (TPSA) is 55.8 Å². The van der Waals surface area contributed by atoms with Crippen molar-refractivity contribution in [2.45, 2.75) is 20.4 Å². The van der Waals surface area contributed by atoms with Gasteiger partial charge in [0.1, 0.15) is 11.6 Å². The highest BCUT2D eigenvalue weighted by atomic mass is 19.1. The Morgan fingerprint density at radius 1 is 1.08 bits per heavy atom. The molecule has 0 unspecified atom stereocenters. The summed E-state index contributed by atoms with van der Waals surface area (Å²) in [5, 5.41) is 0. The molecule has 138 valence electrons. The summed E-state index contributed by atoms with van der Waals surface area (Å²) in [6, 6.07) is 12.6. The van der Waals surface area contributed by atoms with E-state index in [1.54, 1.807) is 36.4 Å². The third-order valence-corrected chi connectivity index (χ3v) is 3.72. The number of rotatable bonds is 8. The van der Waals surface area contributed by atoms with Gasteiger partial charge < -0.3 is 14.4 Å². The van der Waals surface area contributed by atoms with Crippen molar-refractivity contribution in [1.82, 2.24) is 4.90 Å². The second-order valence-electron chi connectivity index (χ2n) is 5.57. The van der Waals surface area contributed by atoms with Gasteiger partial charge in [-0.1, -0.05) is 12.1 Å². The van der Waals surface area contributed by atoms with Crippen LogP contribution in [0.3, 0.4) is 0 Å². The second-order valence-corrected chi connectivity index (χ2v) is 5.57. The summed E-state index contributed by atoms with van der Waals surface area (Å²) >= 11 is 0. The Morgan fingerprint density at radius 2 is 1.81 bits per heavy atom. The molecule has 26 heavy (non-hydrogen) atoms. The number of nitrogens with zero attached hydrogens (tertiary/aromatic N) is 1. The third kappa shape index (κ3) is 5.58. The number of esters is 1. The zero-order valence-corrected chi connectivity index (χ0v) is 14.9. The fraction of sp³-hybridized carbons (Fsp3) is 0.300. The molecule has 0 spiro atoms. The molecule has 5 nitrogen and oxygen atoms in total. The first-order valence-electron chi connectivity index (χ1n) is 8.45. The van der Waals surface area contributed by atoms with E-state index in [2.05, 4.69) is 0 Å². The molecule has 0 heterocycles. The number of ether oxygens (including phenoxy) is 2. The molecule has 0 aromatic heterocycles. The molecule has 0 aliphatic rings. The van der Waals surface area contributed by atoms with Gasteiger partial charge in [-0.25, -0.2) is 9.18 Å². The van der Waals surface area contributed by atoms with Gasteiger partial charge in [0.15, 0.2) is 6.61 Å². The number of carbonyl (C=O) groups is 2. The maximum absolute atomic E-state index is 13.3. The molecule has 0 saturated carbocycles. The van der Waals surface area contributed by atoms with Gasteiger partial charge in [0.2, 0.25) is 0 Å². The minimum atomic E-state index is -0.580. The fourth-order valence-corrected chi connectivity index (χ4v) is 2.39. The molecule has 0 aliphatic heterocycles. The van der Waals surface area contributed by atoms with E-state index in [9.17, 15) is 14.0 Å². The van der Waals surface area contributed by atoms with Gasteiger partial charge in [-0.15, -0.1) is 0 Å². The predicted octanol–water partition coefficient (Wildman–Crippen LogP) is 3.43. The average Bonchev–Trinajstić information content (AvgIpc) is 2.65. The van der Waals surface area contributed by atoms with Gasteiger partial charge in [0.25, 0.3) is 5.91 Å². The van der Waals surface area contributed by atoms with E-state index >= 15 is 0 Å². The van der Waals surface area contributed by atoms with Gasteiger partial charge in [-0.05, 0) is 55.8 Å². The van der Waals surface area contributed by atoms with E-state index in [-0.39, 0.29) is 24.9 Å². The van der Waals surface area contributed by atoms with Gasteiger partial charge >= 0.3 is 5.97 Å². The van der Waals surface area contributed by atoms with Crippen LogP contribution in [0.4, 0.5) is 4.39 Å². The van der Waals surface area contributed by atoms with Crippen LogP contribution in [0.2, 0.25) is 0 Å².